The van der Waals surface area contributed by atoms with Crippen LogP contribution < -0.4 is 10.2 Å². The van der Waals surface area contributed by atoms with Crippen molar-refractivity contribution < 1.29 is 14.4 Å². The average molecular weight is 550 g/mol. The third-order valence-corrected chi connectivity index (χ3v) is 7.32. The minimum Gasteiger partial charge on any atom is -0.352 e. The fourth-order valence-electron chi connectivity index (χ4n) is 4.61. The zero-order valence-corrected chi connectivity index (χ0v) is 22.5. The van der Waals surface area contributed by atoms with Gasteiger partial charge in [0.1, 0.15) is 6.04 Å². The van der Waals surface area contributed by atoms with E-state index in [2.05, 4.69) is 21.2 Å². The topological polar surface area (TPSA) is 69.7 Å². The predicted molar refractivity (Wildman–Crippen MR) is 147 cm³/mol. The average Bonchev–Trinajstić information content (AvgIpc) is 3.14. The fraction of sp³-hybridized carbons (Fsp3) is 0.345. The summed E-state index contributed by atoms with van der Waals surface area (Å²) in [5.74, 6) is -0.296. The van der Waals surface area contributed by atoms with Gasteiger partial charge in [-0.15, -0.1) is 0 Å². The van der Waals surface area contributed by atoms with Crippen LogP contribution in [-0.4, -0.2) is 41.2 Å². The Hall–Kier alpha value is -3.19. The van der Waals surface area contributed by atoms with Crippen LogP contribution in [-0.2, 0) is 16.1 Å². The van der Waals surface area contributed by atoms with Crippen molar-refractivity contribution in [1.82, 2.24) is 10.2 Å². The van der Waals surface area contributed by atoms with Crippen molar-refractivity contribution in [1.29, 1.82) is 0 Å². The molecule has 1 aliphatic rings. The number of carbonyl (C=O) groups excluding carboxylic acids is 3. The number of hydrogen-bond acceptors (Lipinski definition) is 3. The Labute approximate surface area is 220 Å². The lowest BCUT2D eigenvalue weighted by atomic mass is 10.1. The summed E-state index contributed by atoms with van der Waals surface area (Å²) in [5.41, 5.74) is 2.55. The highest BCUT2D eigenvalue weighted by atomic mass is 79.9. The van der Waals surface area contributed by atoms with Crippen molar-refractivity contribution in [2.45, 2.75) is 58.7 Å². The van der Waals surface area contributed by atoms with E-state index in [1.54, 1.807) is 16.7 Å². The molecule has 0 spiro atoms. The molecule has 36 heavy (non-hydrogen) atoms. The molecule has 0 unspecified atom stereocenters. The Morgan fingerprint density at radius 3 is 2.50 bits per heavy atom. The second kappa shape index (κ2) is 11.2. The highest BCUT2D eigenvalue weighted by Crippen LogP contribution is 2.37. The molecule has 1 aliphatic heterocycles. The van der Waals surface area contributed by atoms with E-state index in [1.165, 1.54) is 0 Å². The largest absolute Gasteiger partial charge is 0.352 e. The van der Waals surface area contributed by atoms with Gasteiger partial charge >= 0.3 is 0 Å². The summed E-state index contributed by atoms with van der Waals surface area (Å²) < 4.78 is 0.922. The summed E-state index contributed by atoms with van der Waals surface area (Å²) >= 11 is 3.49. The minimum absolute atomic E-state index is 0.0264. The Bertz CT molecular complexity index is 1290. The molecule has 1 N–H and O–H groups in total. The SMILES string of the molecule is CC[C@@H](C)NC(=O)[C@H](C)N(Cc1cccc(Br)c1)C(=O)CCCN1C(=O)c2cccc3cccc1c23. The van der Waals surface area contributed by atoms with Gasteiger partial charge in [0, 0.05) is 41.0 Å². The van der Waals surface area contributed by atoms with Gasteiger partial charge in [0.15, 0.2) is 0 Å². The van der Waals surface area contributed by atoms with Crippen LogP contribution in [0.15, 0.2) is 65.1 Å². The van der Waals surface area contributed by atoms with Gasteiger partial charge in [-0.25, -0.2) is 0 Å². The van der Waals surface area contributed by atoms with E-state index >= 15 is 0 Å². The van der Waals surface area contributed by atoms with Gasteiger partial charge in [0.25, 0.3) is 5.91 Å². The fourth-order valence-corrected chi connectivity index (χ4v) is 5.06. The molecule has 1 heterocycles. The van der Waals surface area contributed by atoms with E-state index < -0.39 is 6.04 Å². The van der Waals surface area contributed by atoms with Crippen molar-refractivity contribution in [3.05, 3.63) is 76.3 Å². The molecule has 2 atom stereocenters. The normalized spacial score (nSPS) is 14.1. The number of rotatable bonds is 10. The number of nitrogens with zero attached hydrogens (tertiary/aromatic N) is 2. The van der Waals surface area contributed by atoms with Gasteiger partial charge in [0.05, 0.1) is 5.69 Å². The van der Waals surface area contributed by atoms with Gasteiger partial charge in [-0.3, -0.25) is 14.4 Å². The van der Waals surface area contributed by atoms with E-state index in [0.29, 0.717) is 25.1 Å². The maximum atomic E-state index is 13.4. The maximum absolute atomic E-state index is 13.4. The summed E-state index contributed by atoms with van der Waals surface area (Å²) in [7, 11) is 0. The summed E-state index contributed by atoms with van der Waals surface area (Å²) in [6, 6.07) is 18.9. The van der Waals surface area contributed by atoms with Crippen LogP contribution in [0.4, 0.5) is 5.69 Å². The Balaban J connectivity index is 1.46. The molecule has 0 saturated carbocycles. The maximum Gasteiger partial charge on any atom is 0.258 e. The first-order chi connectivity index (χ1) is 17.3. The third-order valence-electron chi connectivity index (χ3n) is 6.83. The Morgan fingerprint density at radius 1 is 1.06 bits per heavy atom. The van der Waals surface area contributed by atoms with Gasteiger partial charge < -0.3 is 15.1 Å². The molecule has 3 aromatic rings. The molecule has 7 heteroatoms. The smallest absolute Gasteiger partial charge is 0.258 e. The molecule has 3 aromatic carbocycles. The lowest BCUT2D eigenvalue weighted by molar-refractivity contribution is -0.140. The summed E-state index contributed by atoms with van der Waals surface area (Å²) in [4.78, 5) is 42.8. The number of nitrogens with one attached hydrogen (secondary N) is 1. The van der Waals surface area contributed by atoms with Crippen LogP contribution >= 0.6 is 15.9 Å². The van der Waals surface area contributed by atoms with Crippen LogP contribution in [0, 0.1) is 0 Å². The molecule has 0 radical (unpaired) electrons. The highest BCUT2D eigenvalue weighted by molar-refractivity contribution is 9.10. The van der Waals surface area contributed by atoms with E-state index in [1.807, 2.05) is 74.5 Å². The van der Waals surface area contributed by atoms with Crippen molar-refractivity contribution in [2.24, 2.45) is 0 Å². The van der Waals surface area contributed by atoms with Crippen LogP contribution in [0.25, 0.3) is 10.8 Å². The summed E-state index contributed by atoms with van der Waals surface area (Å²) in [5, 5.41) is 5.01. The molecule has 4 rings (SSSR count). The van der Waals surface area contributed by atoms with Gasteiger partial charge in [-0.2, -0.15) is 0 Å². The van der Waals surface area contributed by atoms with E-state index in [-0.39, 0.29) is 30.2 Å². The van der Waals surface area contributed by atoms with Crippen molar-refractivity contribution in [3.63, 3.8) is 0 Å². The van der Waals surface area contributed by atoms with Crippen LogP contribution in [0.3, 0.4) is 0 Å². The second-order valence-electron chi connectivity index (χ2n) is 9.39. The van der Waals surface area contributed by atoms with Crippen LogP contribution in [0.1, 0.15) is 56.0 Å². The predicted octanol–water partition coefficient (Wildman–Crippen LogP) is 5.67. The lowest BCUT2D eigenvalue weighted by Gasteiger charge is -2.30. The number of hydrogen-bond donors (Lipinski definition) is 1. The number of benzene rings is 3. The standard InChI is InChI=1S/C29H32BrN3O3/c1-4-19(2)31-28(35)20(3)33(18-21-9-5-12-23(30)17-21)26(34)15-8-16-32-25-14-7-11-22-10-6-13-24(27(22)25)29(32)36/h5-7,9-14,17,19-20H,4,8,15-16,18H2,1-3H3,(H,31,35)/t19-,20+/m1/s1. The molecule has 0 fully saturated rings. The first-order valence-corrected chi connectivity index (χ1v) is 13.3. The van der Waals surface area contributed by atoms with E-state index in [0.717, 1.165) is 32.9 Å². The van der Waals surface area contributed by atoms with Crippen LogP contribution in [0.5, 0.6) is 0 Å². The lowest BCUT2D eigenvalue weighted by Crippen LogP contribution is -2.49. The summed E-state index contributed by atoms with van der Waals surface area (Å²) in [6.07, 6.45) is 1.56. The second-order valence-corrected chi connectivity index (χ2v) is 10.3. The molecular formula is C29H32BrN3O3. The zero-order valence-electron chi connectivity index (χ0n) is 21.0. The van der Waals surface area contributed by atoms with E-state index in [4.69, 9.17) is 0 Å². The monoisotopic (exact) mass is 549 g/mol. The number of amides is 3. The molecule has 0 aliphatic carbocycles. The van der Waals surface area contributed by atoms with Gasteiger partial charge in [-0.05, 0) is 61.9 Å². The quantitative estimate of drug-likeness (QED) is 0.354. The molecule has 6 nitrogen and oxygen atoms in total. The Kier molecular flexibility index (Phi) is 8.09. The van der Waals surface area contributed by atoms with Crippen molar-refractivity contribution in [3.8, 4) is 0 Å². The first-order valence-electron chi connectivity index (χ1n) is 12.5. The number of halogens is 1. The first kappa shape index (κ1) is 25.9. The molecular weight excluding hydrogens is 518 g/mol. The van der Waals surface area contributed by atoms with Gasteiger partial charge in [0.2, 0.25) is 11.8 Å². The molecule has 0 saturated heterocycles. The highest BCUT2D eigenvalue weighted by Gasteiger charge is 2.30. The number of carbonyl (C=O) groups is 3. The van der Waals surface area contributed by atoms with Crippen molar-refractivity contribution >= 4 is 50.1 Å². The summed E-state index contributed by atoms with van der Waals surface area (Å²) in [6.45, 7) is 6.52. The molecule has 3 amide bonds. The van der Waals surface area contributed by atoms with Gasteiger partial charge in [-0.1, -0.05) is 59.3 Å². The third kappa shape index (κ3) is 5.46. The number of anilines is 1. The van der Waals surface area contributed by atoms with E-state index in [9.17, 15) is 14.4 Å². The molecule has 188 valence electrons. The Morgan fingerprint density at radius 2 is 1.78 bits per heavy atom. The molecule has 0 aromatic heterocycles. The van der Waals surface area contributed by atoms with Crippen LogP contribution in [0.2, 0.25) is 0 Å². The van der Waals surface area contributed by atoms with Crippen molar-refractivity contribution in [2.75, 3.05) is 11.4 Å². The minimum atomic E-state index is -0.614. The molecule has 0 bridgehead atoms. The zero-order chi connectivity index (χ0) is 25.8.